The van der Waals surface area contributed by atoms with Crippen molar-refractivity contribution >= 4 is 22.6 Å². The molecule has 1 unspecified atom stereocenters. The maximum atomic E-state index is 5.34. The van der Waals surface area contributed by atoms with Crippen molar-refractivity contribution in [3.63, 3.8) is 0 Å². The minimum Gasteiger partial charge on any atom is -0.495 e. The van der Waals surface area contributed by atoms with E-state index in [2.05, 4.69) is 30.2 Å². The number of aliphatic imine (C=N–C) groups is 1. The molecule has 1 aromatic rings. The minimum atomic E-state index is 0.412. The van der Waals surface area contributed by atoms with Crippen LogP contribution in [0.1, 0.15) is 18.9 Å². The van der Waals surface area contributed by atoms with E-state index >= 15 is 0 Å². The molecular formula is C13H18N2OS. The lowest BCUT2D eigenvalue weighted by atomic mass is 10.2. The van der Waals surface area contributed by atoms with Crippen LogP contribution >= 0.6 is 11.8 Å². The second-order valence-corrected chi connectivity index (χ2v) is 5.33. The number of anilines is 1. The molecule has 4 heteroatoms. The topological polar surface area (TPSA) is 33.6 Å². The lowest BCUT2D eigenvalue weighted by Crippen LogP contribution is -2.18. The van der Waals surface area contributed by atoms with Crippen LogP contribution in [-0.2, 0) is 0 Å². The van der Waals surface area contributed by atoms with Gasteiger partial charge in [0.1, 0.15) is 5.75 Å². The number of amidine groups is 1. The fourth-order valence-corrected chi connectivity index (χ4v) is 2.82. The number of hydrogen-bond donors (Lipinski definition) is 1. The molecule has 17 heavy (non-hydrogen) atoms. The summed E-state index contributed by atoms with van der Waals surface area (Å²) in [4.78, 5) is 4.60. The molecule has 0 aromatic heterocycles. The Balaban J connectivity index is 2.20. The van der Waals surface area contributed by atoms with Crippen LogP contribution in [-0.4, -0.2) is 24.1 Å². The van der Waals surface area contributed by atoms with E-state index in [0.717, 1.165) is 28.8 Å². The molecule has 1 atom stereocenters. The second kappa shape index (κ2) is 5.45. The molecule has 0 amide bonds. The van der Waals surface area contributed by atoms with Crippen LogP contribution in [0, 0.1) is 6.92 Å². The van der Waals surface area contributed by atoms with E-state index in [1.54, 1.807) is 18.9 Å². The summed E-state index contributed by atoms with van der Waals surface area (Å²) >= 11 is 1.77. The molecular weight excluding hydrogens is 232 g/mol. The third-order valence-corrected chi connectivity index (χ3v) is 3.63. The number of nitrogens with zero attached hydrogens (tertiary/aromatic N) is 1. The first-order valence-electron chi connectivity index (χ1n) is 5.81. The number of ether oxygens (including phenoxy) is 1. The van der Waals surface area contributed by atoms with Gasteiger partial charge in [-0.2, -0.15) is 0 Å². The Hall–Kier alpha value is -1.16. The predicted molar refractivity (Wildman–Crippen MR) is 75.3 cm³/mol. The third-order valence-electron chi connectivity index (χ3n) is 2.71. The van der Waals surface area contributed by atoms with Gasteiger partial charge >= 0.3 is 0 Å². The van der Waals surface area contributed by atoms with Crippen molar-refractivity contribution in [2.24, 2.45) is 4.99 Å². The normalized spacial score (nSPS) is 19.7. The van der Waals surface area contributed by atoms with Gasteiger partial charge in [0.05, 0.1) is 18.8 Å². The summed E-state index contributed by atoms with van der Waals surface area (Å²) in [7, 11) is 1.69. The summed E-state index contributed by atoms with van der Waals surface area (Å²) < 4.78 is 5.34. The molecule has 1 N–H and O–H groups in total. The zero-order chi connectivity index (χ0) is 12.3. The van der Waals surface area contributed by atoms with Gasteiger partial charge < -0.3 is 10.1 Å². The summed E-state index contributed by atoms with van der Waals surface area (Å²) in [5, 5.41) is 4.35. The van der Waals surface area contributed by atoms with Crippen molar-refractivity contribution in [3.8, 4) is 5.75 Å². The van der Waals surface area contributed by atoms with Crippen molar-refractivity contribution in [1.29, 1.82) is 0 Å². The largest absolute Gasteiger partial charge is 0.495 e. The Bertz CT molecular complexity index is 431. The Labute approximate surface area is 107 Å². The summed E-state index contributed by atoms with van der Waals surface area (Å²) in [5.41, 5.74) is 2.20. The SMILES string of the molecule is COc1ccc(C)cc1NC1=NC(C)CCS1. The molecule has 1 aromatic carbocycles. The quantitative estimate of drug-likeness (QED) is 0.874. The molecule has 3 nitrogen and oxygen atoms in total. The Morgan fingerprint density at radius 3 is 3.00 bits per heavy atom. The highest BCUT2D eigenvalue weighted by Gasteiger charge is 2.13. The van der Waals surface area contributed by atoms with E-state index in [9.17, 15) is 0 Å². The van der Waals surface area contributed by atoms with Crippen LogP contribution in [0.5, 0.6) is 5.75 Å². The van der Waals surface area contributed by atoms with Crippen molar-refractivity contribution in [3.05, 3.63) is 23.8 Å². The molecule has 0 bridgehead atoms. The first-order valence-corrected chi connectivity index (χ1v) is 6.80. The smallest absolute Gasteiger partial charge is 0.161 e. The molecule has 1 heterocycles. The third kappa shape index (κ3) is 3.16. The highest BCUT2D eigenvalue weighted by molar-refractivity contribution is 8.14. The Kier molecular flexibility index (Phi) is 3.94. The molecule has 0 spiro atoms. The second-order valence-electron chi connectivity index (χ2n) is 4.25. The lowest BCUT2D eigenvalue weighted by molar-refractivity contribution is 0.417. The van der Waals surface area contributed by atoms with Crippen molar-refractivity contribution < 1.29 is 4.74 Å². The van der Waals surface area contributed by atoms with Gasteiger partial charge in [0, 0.05) is 5.75 Å². The van der Waals surface area contributed by atoms with Crippen molar-refractivity contribution in [2.45, 2.75) is 26.3 Å². The van der Waals surface area contributed by atoms with E-state index < -0.39 is 0 Å². The summed E-state index contributed by atoms with van der Waals surface area (Å²) in [6.07, 6.45) is 1.15. The molecule has 0 saturated heterocycles. The van der Waals surface area contributed by atoms with Gasteiger partial charge in [0.25, 0.3) is 0 Å². The minimum absolute atomic E-state index is 0.412. The van der Waals surface area contributed by atoms with Gasteiger partial charge in [-0.05, 0) is 38.0 Å². The first-order chi connectivity index (χ1) is 8.19. The fraction of sp³-hybridized carbons (Fsp3) is 0.462. The Morgan fingerprint density at radius 2 is 2.29 bits per heavy atom. The number of hydrogen-bond acceptors (Lipinski definition) is 4. The molecule has 1 aliphatic rings. The summed E-state index contributed by atoms with van der Waals surface area (Å²) in [6, 6.07) is 6.52. The highest BCUT2D eigenvalue weighted by atomic mass is 32.2. The van der Waals surface area contributed by atoms with Crippen LogP contribution < -0.4 is 10.1 Å². The lowest BCUT2D eigenvalue weighted by Gasteiger charge is -2.19. The highest BCUT2D eigenvalue weighted by Crippen LogP contribution is 2.27. The number of rotatable bonds is 2. The Morgan fingerprint density at radius 1 is 1.47 bits per heavy atom. The number of thioether (sulfide) groups is 1. The van der Waals surface area contributed by atoms with E-state index in [4.69, 9.17) is 4.74 Å². The van der Waals surface area contributed by atoms with Crippen molar-refractivity contribution in [1.82, 2.24) is 0 Å². The average Bonchev–Trinajstić information content (AvgIpc) is 2.29. The molecule has 0 fully saturated rings. The zero-order valence-corrected chi connectivity index (χ0v) is 11.3. The van der Waals surface area contributed by atoms with Crippen LogP contribution in [0.25, 0.3) is 0 Å². The maximum absolute atomic E-state index is 5.34. The molecule has 0 saturated carbocycles. The number of benzene rings is 1. The van der Waals surface area contributed by atoms with Crippen LogP contribution in [0.2, 0.25) is 0 Å². The van der Waals surface area contributed by atoms with E-state index in [1.807, 2.05) is 12.1 Å². The predicted octanol–water partition coefficient (Wildman–Crippen LogP) is 3.30. The van der Waals surface area contributed by atoms with Crippen LogP contribution in [0.4, 0.5) is 5.69 Å². The molecule has 0 radical (unpaired) electrons. The van der Waals surface area contributed by atoms with Gasteiger partial charge in [0.15, 0.2) is 5.17 Å². The summed E-state index contributed by atoms with van der Waals surface area (Å²) in [5.74, 6) is 1.98. The van der Waals surface area contributed by atoms with Gasteiger partial charge in [-0.3, -0.25) is 4.99 Å². The zero-order valence-electron chi connectivity index (χ0n) is 10.5. The number of aryl methyl sites for hydroxylation is 1. The number of methoxy groups -OCH3 is 1. The average molecular weight is 250 g/mol. The fourth-order valence-electron chi connectivity index (χ4n) is 1.73. The van der Waals surface area contributed by atoms with E-state index in [1.165, 1.54) is 5.56 Å². The molecule has 2 rings (SSSR count). The molecule has 92 valence electrons. The first kappa shape index (κ1) is 12.3. The maximum Gasteiger partial charge on any atom is 0.161 e. The van der Waals surface area contributed by atoms with Gasteiger partial charge in [-0.25, -0.2) is 0 Å². The van der Waals surface area contributed by atoms with Gasteiger partial charge in [0.2, 0.25) is 0 Å². The van der Waals surface area contributed by atoms with E-state index in [0.29, 0.717) is 6.04 Å². The monoisotopic (exact) mass is 250 g/mol. The van der Waals surface area contributed by atoms with Crippen molar-refractivity contribution in [2.75, 3.05) is 18.2 Å². The van der Waals surface area contributed by atoms with Gasteiger partial charge in [-0.15, -0.1) is 0 Å². The molecule has 0 aliphatic carbocycles. The van der Waals surface area contributed by atoms with E-state index in [-0.39, 0.29) is 0 Å². The standard InChI is InChI=1S/C13H18N2OS/c1-9-4-5-12(16-3)11(8-9)15-13-14-10(2)6-7-17-13/h4-5,8,10H,6-7H2,1-3H3,(H,14,15). The van der Waals surface area contributed by atoms with Gasteiger partial charge in [-0.1, -0.05) is 17.8 Å². The summed E-state index contributed by atoms with van der Waals surface area (Å²) in [6.45, 7) is 4.22. The number of nitrogens with one attached hydrogen (secondary N) is 1. The van der Waals surface area contributed by atoms with Crippen LogP contribution in [0.15, 0.2) is 23.2 Å². The van der Waals surface area contributed by atoms with Crippen LogP contribution in [0.3, 0.4) is 0 Å². The molecule has 1 aliphatic heterocycles.